The first kappa shape index (κ1) is 16.4. The number of aromatic amines is 1. The number of amides is 2. The number of aryl methyl sites for hydroxylation is 2. The zero-order valence-corrected chi connectivity index (χ0v) is 13.3. The van der Waals surface area contributed by atoms with Gasteiger partial charge in [0.25, 0.3) is 0 Å². The van der Waals surface area contributed by atoms with E-state index >= 15 is 0 Å². The molecule has 1 aromatic rings. The van der Waals surface area contributed by atoms with E-state index in [0.717, 1.165) is 6.41 Å². The van der Waals surface area contributed by atoms with Crippen molar-refractivity contribution in [2.24, 2.45) is 0 Å². The first-order valence-corrected chi connectivity index (χ1v) is 8.32. The van der Waals surface area contributed by atoms with Crippen LogP contribution < -0.4 is 4.72 Å². The Bertz CT molecular complexity index is 642. The van der Waals surface area contributed by atoms with Crippen LogP contribution in [0.3, 0.4) is 0 Å². The molecule has 22 heavy (non-hydrogen) atoms. The molecule has 2 amide bonds. The summed E-state index contributed by atoms with van der Waals surface area (Å²) in [5.41, 5.74) is 0.786. The molecule has 1 aliphatic heterocycles. The highest BCUT2D eigenvalue weighted by Crippen LogP contribution is 2.16. The van der Waals surface area contributed by atoms with Gasteiger partial charge in [0, 0.05) is 26.2 Å². The summed E-state index contributed by atoms with van der Waals surface area (Å²) in [7, 11) is -3.79. The fraction of sp³-hybridized carbons (Fsp3) is 0.583. The van der Waals surface area contributed by atoms with Gasteiger partial charge >= 0.3 is 0 Å². The van der Waals surface area contributed by atoms with Crippen LogP contribution in [0.25, 0.3) is 0 Å². The van der Waals surface area contributed by atoms with Gasteiger partial charge in [0.1, 0.15) is 4.90 Å². The molecule has 0 saturated carbocycles. The second kappa shape index (κ2) is 6.44. The van der Waals surface area contributed by atoms with Gasteiger partial charge in [0.05, 0.1) is 17.9 Å². The van der Waals surface area contributed by atoms with Gasteiger partial charge in [0.2, 0.25) is 22.3 Å². The lowest BCUT2D eigenvalue weighted by Gasteiger charge is -2.32. The van der Waals surface area contributed by atoms with Gasteiger partial charge in [-0.2, -0.15) is 5.10 Å². The molecule has 1 fully saturated rings. The van der Waals surface area contributed by atoms with Crippen LogP contribution in [0.2, 0.25) is 0 Å². The summed E-state index contributed by atoms with van der Waals surface area (Å²) in [6.07, 6.45) is 0.745. The fourth-order valence-electron chi connectivity index (χ4n) is 2.35. The van der Waals surface area contributed by atoms with Crippen molar-refractivity contribution >= 4 is 22.3 Å². The average Bonchev–Trinajstić information content (AvgIpc) is 2.84. The number of aromatic nitrogens is 2. The second-order valence-corrected chi connectivity index (χ2v) is 6.81. The first-order valence-electron chi connectivity index (χ1n) is 6.83. The molecule has 0 radical (unpaired) electrons. The maximum absolute atomic E-state index is 12.2. The second-order valence-electron chi connectivity index (χ2n) is 5.11. The van der Waals surface area contributed by atoms with Crippen molar-refractivity contribution in [1.82, 2.24) is 24.7 Å². The van der Waals surface area contributed by atoms with Crippen molar-refractivity contribution in [3.63, 3.8) is 0 Å². The van der Waals surface area contributed by atoms with Gasteiger partial charge in [-0.3, -0.25) is 14.7 Å². The molecule has 2 heterocycles. The summed E-state index contributed by atoms with van der Waals surface area (Å²) in [6, 6.07) is 0. The summed E-state index contributed by atoms with van der Waals surface area (Å²) in [4.78, 5) is 25.8. The summed E-state index contributed by atoms with van der Waals surface area (Å²) >= 11 is 0. The van der Waals surface area contributed by atoms with Crippen LogP contribution in [0.4, 0.5) is 0 Å². The maximum Gasteiger partial charge on any atom is 0.244 e. The van der Waals surface area contributed by atoms with Crippen molar-refractivity contribution in [3.05, 3.63) is 11.4 Å². The number of carbonyl (C=O) groups is 2. The number of nitrogens with one attached hydrogen (secondary N) is 2. The van der Waals surface area contributed by atoms with Gasteiger partial charge in [-0.15, -0.1) is 0 Å². The molecule has 1 aromatic heterocycles. The van der Waals surface area contributed by atoms with Gasteiger partial charge in [-0.1, -0.05) is 0 Å². The molecule has 0 atom stereocenters. The van der Waals surface area contributed by atoms with Crippen LogP contribution in [0, 0.1) is 13.8 Å². The van der Waals surface area contributed by atoms with Crippen LogP contribution in [-0.2, 0) is 19.6 Å². The Labute approximate surface area is 128 Å². The van der Waals surface area contributed by atoms with Crippen LogP contribution in [-0.4, -0.2) is 73.5 Å². The molecule has 9 nitrogen and oxygen atoms in total. The third-order valence-corrected chi connectivity index (χ3v) is 5.22. The lowest BCUT2D eigenvalue weighted by atomic mass is 10.3. The van der Waals surface area contributed by atoms with Crippen LogP contribution in [0.15, 0.2) is 4.90 Å². The van der Waals surface area contributed by atoms with Gasteiger partial charge in [0.15, 0.2) is 0 Å². The van der Waals surface area contributed by atoms with E-state index in [4.69, 9.17) is 0 Å². The van der Waals surface area contributed by atoms with Crippen molar-refractivity contribution in [2.45, 2.75) is 18.7 Å². The largest absolute Gasteiger partial charge is 0.342 e. The minimum Gasteiger partial charge on any atom is -0.342 e. The monoisotopic (exact) mass is 329 g/mol. The molecule has 0 spiro atoms. The zero-order chi connectivity index (χ0) is 16.3. The van der Waals surface area contributed by atoms with Crippen LogP contribution in [0.5, 0.6) is 0 Å². The van der Waals surface area contributed by atoms with E-state index in [0.29, 0.717) is 37.6 Å². The average molecular weight is 329 g/mol. The van der Waals surface area contributed by atoms with E-state index in [2.05, 4.69) is 14.9 Å². The van der Waals surface area contributed by atoms with Gasteiger partial charge in [-0.25, -0.2) is 13.1 Å². The van der Waals surface area contributed by atoms with E-state index in [1.54, 1.807) is 18.7 Å². The quantitative estimate of drug-likeness (QED) is 0.645. The van der Waals surface area contributed by atoms with Crippen LogP contribution in [0.1, 0.15) is 11.4 Å². The molecule has 1 aliphatic rings. The molecule has 0 aromatic carbocycles. The summed E-state index contributed by atoms with van der Waals surface area (Å²) in [6.45, 7) is 4.61. The third kappa shape index (κ3) is 3.45. The van der Waals surface area contributed by atoms with Gasteiger partial charge in [-0.05, 0) is 13.8 Å². The van der Waals surface area contributed by atoms with Crippen molar-refractivity contribution in [3.8, 4) is 0 Å². The number of H-pyrrole nitrogens is 1. The standard InChI is InChI=1S/C12H19N5O4S/c1-9-12(10(2)15-14-9)22(20,21)13-7-11(19)17-5-3-16(8-18)4-6-17/h8,13H,3-7H2,1-2H3,(H,14,15). The predicted molar refractivity (Wildman–Crippen MR) is 77.5 cm³/mol. The molecule has 10 heteroatoms. The summed E-state index contributed by atoms with van der Waals surface area (Å²) in [5, 5.41) is 6.44. The highest BCUT2D eigenvalue weighted by Gasteiger charge is 2.25. The molecule has 0 bridgehead atoms. The molecular formula is C12H19N5O4S. The molecule has 122 valence electrons. The van der Waals surface area contributed by atoms with E-state index in [-0.39, 0.29) is 17.3 Å². The van der Waals surface area contributed by atoms with Crippen molar-refractivity contribution in [2.75, 3.05) is 32.7 Å². The number of hydrogen-bond donors (Lipinski definition) is 2. The topological polar surface area (TPSA) is 115 Å². The maximum atomic E-state index is 12.2. The molecular weight excluding hydrogens is 310 g/mol. The number of carbonyl (C=O) groups excluding carboxylic acids is 2. The Morgan fingerprint density at radius 2 is 1.95 bits per heavy atom. The normalized spacial score (nSPS) is 15.9. The van der Waals surface area contributed by atoms with E-state index in [1.807, 2.05) is 0 Å². The smallest absolute Gasteiger partial charge is 0.244 e. The van der Waals surface area contributed by atoms with Crippen LogP contribution >= 0.6 is 0 Å². The third-order valence-electron chi connectivity index (χ3n) is 3.56. The first-order chi connectivity index (χ1) is 10.3. The number of nitrogens with zero attached hydrogens (tertiary/aromatic N) is 3. The Morgan fingerprint density at radius 1 is 1.32 bits per heavy atom. The lowest BCUT2D eigenvalue weighted by molar-refractivity contribution is -0.134. The van der Waals surface area contributed by atoms with E-state index in [9.17, 15) is 18.0 Å². The predicted octanol–water partition coefficient (Wildman–Crippen LogP) is -1.39. The molecule has 0 aliphatic carbocycles. The Kier molecular flexibility index (Phi) is 4.81. The highest BCUT2D eigenvalue weighted by atomic mass is 32.2. The molecule has 2 rings (SSSR count). The Morgan fingerprint density at radius 3 is 2.45 bits per heavy atom. The Hall–Kier alpha value is -1.94. The van der Waals surface area contributed by atoms with Crippen molar-refractivity contribution in [1.29, 1.82) is 0 Å². The molecule has 0 unspecified atom stereocenters. The minimum atomic E-state index is -3.79. The minimum absolute atomic E-state index is 0.0751. The summed E-state index contributed by atoms with van der Waals surface area (Å²) in [5.74, 6) is -0.312. The van der Waals surface area contributed by atoms with Gasteiger partial charge < -0.3 is 9.80 Å². The number of piperazine rings is 1. The van der Waals surface area contributed by atoms with Crippen molar-refractivity contribution < 1.29 is 18.0 Å². The number of rotatable bonds is 5. The SMILES string of the molecule is Cc1n[nH]c(C)c1S(=O)(=O)NCC(=O)N1CCN(C=O)CC1. The number of hydrogen-bond acceptors (Lipinski definition) is 5. The number of sulfonamides is 1. The lowest BCUT2D eigenvalue weighted by Crippen LogP contribution is -2.50. The van der Waals surface area contributed by atoms with E-state index in [1.165, 1.54) is 4.90 Å². The Balaban J connectivity index is 1.95. The fourth-order valence-corrected chi connectivity index (χ4v) is 3.70. The zero-order valence-electron chi connectivity index (χ0n) is 12.5. The summed E-state index contributed by atoms with van der Waals surface area (Å²) < 4.78 is 26.8. The highest BCUT2D eigenvalue weighted by molar-refractivity contribution is 7.89. The van der Waals surface area contributed by atoms with E-state index < -0.39 is 10.0 Å². The molecule has 1 saturated heterocycles. The molecule has 2 N–H and O–H groups in total.